The van der Waals surface area contributed by atoms with Crippen molar-refractivity contribution in [2.45, 2.75) is 105 Å². The molecule has 2 aromatic rings. The molecule has 0 aliphatic rings. The lowest BCUT2D eigenvalue weighted by Gasteiger charge is -2.26. The maximum Gasteiger partial charge on any atom is 0.0667 e. The van der Waals surface area contributed by atoms with Gasteiger partial charge < -0.3 is 0 Å². The Morgan fingerprint density at radius 1 is 0.469 bits per heavy atom. The molecule has 174 valence electrons. The third-order valence-corrected chi connectivity index (χ3v) is 5.84. The van der Waals surface area contributed by atoms with Gasteiger partial charge in [-0.1, -0.05) is 107 Å². The molecule has 0 radical (unpaired) electrons. The Morgan fingerprint density at radius 3 is 1.03 bits per heavy atom. The SMILES string of the molecule is CC(C)(C)c1ccc(N=CC=Nc2ccc(C(C)(C)C)cc2C(C)(C)C)c(C(C)(C)C)c1. The molecule has 0 saturated heterocycles. The molecule has 0 aliphatic carbocycles. The van der Waals surface area contributed by atoms with Gasteiger partial charge in [0.2, 0.25) is 0 Å². The highest BCUT2D eigenvalue weighted by molar-refractivity contribution is 6.17. The lowest BCUT2D eigenvalue weighted by atomic mass is 9.80. The smallest absolute Gasteiger partial charge is 0.0667 e. The molecule has 0 amide bonds. The van der Waals surface area contributed by atoms with Crippen LogP contribution in [0.4, 0.5) is 11.4 Å². The molecule has 0 bridgehead atoms. The van der Waals surface area contributed by atoms with Gasteiger partial charge in [0, 0.05) is 12.4 Å². The van der Waals surface area contributed by atoms with E-state index in [1.807, 2.05) is 12.4 Å². The molecular weight excluding hydrogens is 388 g/mol. The zero-order valence-electron chi connectivity index (χ0n) is 22.5. The van der Waals surface area contributed by atoms with Crippen LogP contribution in [0, 0.1) is 0 Å². The molecule has 0 unspecified atom stereocenters. The molecule has 0 heterocycles. The normalized spacial score (nSPS) is 14.0. The summed E-state index contributed by atoms with van der Waals surface area (Å²) in [4.78, 5) is 9.57. The first-order valence-electron chi connectivity index (χ1n) is 11.8. The number of hydrogen-bond acceptors (Lipinski definition) is 2. The summed E-state index contributed by atoms with van der Waals surface area (Å²) in [7, 11) is 0. The van der Waals surface area contributed by atoms with Crippen LogP contribution in [0.15, 0.2) is 46.4 Å². The summed E-state index contributed by atoms with van der Waals surface area (Å²) in [5.41, 5.74) is 7.50. The highest BCUT2D eigenvalue weighted by Crippen LogP contribution is 2.37. The van der Waals surface area contributed by atoms with Crippen LogP contribution >= 0.6 is 0 Å². The molecule has 0 spiro atoms. The fourth-order valence-corrected chi connectivity index (χ4v) is 3.66. The standard InChI is InChI=1S/C30H44N2/c1-27(2,3)21-13-15-25(23(19-21)29(7,8)9)31-17-18-32-26-16-14-22(28(4,5)6)20-24(26)30(10,11)12/h13-20H,1-12H3. The van der Waals surface area contributed by atoms with E-state index in [-0.39, 0.29) is 21.7 Å². The van der Waals surface area contributed by atoms with E-state index in [0.29, 0.717) is 0 Å². The Balaban J connectivity index is 2.41. The fraction of sp³-hybridized carbons (Fsp3) is 0.533. The monoisotopic (exact) mass is 432 g/mol. The van der Waals surface area contributed by atoms with Crippen molar-refractivity contribution in [2.75, 3.05) is 0 Å². The fourth-order valence-electron chi connectivity index (χ4n) is 3.66. The van der Waals surface area contributed by atoms with Crippen molar-refractivity contribution in [1.82, 2.24) is 0 Å². The van der Waals surface area contributed by atoms with E-state index < -0.39 is 0 Å². The van der Waals surface area contributed by atoms with Gasteiger partial charge in [0.15, 0.2) is 0 Å². The first-order valence-corrected chi connectivity index (χ1v) is 11.8. The van der Waals surface area contributed by atoms with E-state index in [2.05, 4.69) is 119 Å². The van der Waals surface area contributed by atoms with Crippen LogP contribution in [0.5, 0.6) is 0 Å². The molecule has 0 aromatic heterocycles. The zero-order valence-corrected chi connectivity index (χ0v) is 22.5. The predicted octanol–water partition coefficient (Wildman–Crippen LogP) is 8.98. The third kappa shape index (κ3) is 6.64. The van der Waals surface area contributed by atoms with Crippen molar-refractivity contribution in [3.8, 4) is 0 Å². The molecule has 2 nitrogen and oxygen atoms in total. The minimum atomic E-state index is 0.0211. The van der Waals surface area contributed by atoms with Crippen LogP contribution in [0.3, 0.4) is 0 Å². The van der Waals surface area contributed by atoms with E-state index >= 15 is 0 Å². The summed E-state index contributed by atoms with van der Waals surface area (Å²) in [5.74, 6) is 0. The Labute approximate surface area is 197 Å². The average Bonchev–Trinajstić information content (AvgIpc) is 2.62. The molecule has 0 fully saturated rings. The molecule has 0 aliphatic heterocycles. The number of hydrogen-bond donors (Lipinski definition) is 0. The van der Waals surface area contributed by atoms with Gasteiger partial charge in [0.25, 0.3) is 0 Å². The third-order valence-electron chi connectivity index (χ3n) is 5.84. The molecule has 2 rings (SSSR count). The Hall–Kier alpha value is -2.22. The maximum absolute atomic E-state index is 4.79. The highest BCUT2D eigenvalue weighted by Gasteiger charge is 2.23. The van der Waals surface area contributed by atoms with Crippen LogP contribution in [-0.4, -0.2) is 12.4 Å². The Bertz CT molecular complexity index is 912. The quantitative estimate of drug-likeness (QED) is 0.432. The number of nitrogens with zero attached hydrogens (tertiary/aromatic N) is 2. The van der Waals surface area contributed by atoms with Crippen molar-refractivity contribution in [2.24, 2.45) is 9.98 Å². The van der Waals surface area contributed by atoms with Gasteiger partial charge in [-0.3, -0.25) is 9.98 Å². The maximum atomic E-state index is 4.79. The van der Waals surface area contributed by atoms with Gasteiger partial charge >= 0.3 is 0 Å². The van der Waals surface area contributed by atoms with Crippen molar-refractivity contribution in [3.63, 3.8) is 0 Å². The number of benzene rings is 2. The summed E-state index contributed by atoms with van der Waals surface area (Å²) in [6.07, 6.45) is 3.65. The summed E-state index contributed by atoms with van der Waals surface area (Å²) >= 11 is 0. The van der Waals surface area contributed by atoms with Gasteiger partial charge in [0.1, 0.15) is 0 Å². The van der Waals surface area contributed by atoms with Crippen LogP contribution in [0.1, 0.15) is 105 Å². The van der Waals surface area contributed by atoms with Gasteiger partial charge in [-0.15, -0.1) is 0 Å². The van der Waals surface area contributed by atoms with E-state index in [1.165, 1.54) is 22.3 Å². The van der Waals surface area contributed by atoms with E-state index in [4.69, 9.17) is 9.98 Å². The summed E-state index contributed by atoms with van der Waals surface area (Å²) in [6.45, 7) is 27.0. The van der Waals surface area contributed by atoms with Crippen molar-refractivity contribution >= 4 is 23.8 Å². The van der Waals surface area contributed by atoms with Crippen LogP contribution in [0.25, 0.3) is 0 Å². The van der Waals surface area contributed by atoms with E-state index in [9.17, 15) is 0 Å². The predicted molar refractivity (Wildman–Crippen MR) is 144 cm³/mol. The van der Waals surface area contributed by atoms with Crippen molar-refractivity contribution in [1.29, 1.82) is 0 Å². The lowest BCUT2D eigenvalue weighted by Crippen LogP contribution is -2.16. The van der Waals surface area contributed by atoms with Gasteiger partial charge in [-0.2, -0.15) is 0 Å². The van der Waals surface area contributed by atoms with Crippen LogP contribution < -0.4 is 0 Å². The second kappa shape index (κ2) is 8.96. The summed E-state index contributed by atoms with van der Waals surface area (Å²) < 4.78 is 0. The van der Waals surface area contributed by atoms with Gasteiger partial charge in [-0.05, 0) is 56.0 Å². The average molecular weight is 433 g/mol. The van der Waals surface area contributed by atoms with E-state index in [1.54, 1.807) is 0 Å². The van der Waals surface area contributed by atoms with Gasteiger partial charge in [-0.25, -0.2) is 0 Å². The van der Waals surface area contributed by atoms with Crippen molar-refractivity contribution < 1.29 is 0 Å². The van der Waals surface area contributed by atoms with Gasteiger partial charge in [0.05, 0.1) is 11.4 Å². The Morgan fingerprint density at radius 2 is 0.781 bits per heavy atom. The lowest BCUT2D eigenvalue weighted by molar-refractivity contribution is 0.569. The molecule has 2 aromatic carbocycles. The molecule has 0 atom stereocenters. The molecule has 0 saturated carbocycles. The second-order valence-corrected chi connectivity index (χ2v) is 13.0. The zero-order chi connectivity index (χ0) is 24.5. The van der Waals surface area contributed by atoms with E-state index in [0.717, 1.165) is 11.4 Å². The number of rotatable bonds is 3. The van der Waals surface area contributed by atoms with Crippen LogP contribution in [0.2, 0.25) is 0 Å². The largest absolute Gasteiger partial charge is 0.255 e. The van der Waals surface area contributed by atoms with Crippen molar-refractivity contribution in [3.05, 3.63) is 58.7 Å². The molecule has 0 N–H and O–H groups in total. The minimum Gasteiger partial charge on any atom is -0.255 e. The molecule has 2 heteroatoms. The topological polar surface area (TPSA) is 24.7 Å². The number of aliphatic imine (C=N–C) groups is 2. The molecular formula is C30H44N2. The minimum absolute atomic E-state index is 0.0211. The summed E-state index contributed by atoms with van der Waals surface area (Å²) in [5, 5.41) is 0. The highest BCUT2D eigenvalue weighted by atomic mass is 14.8. The first kappa shape index (κ1) is 26.0. The Kier molecular flexibility index (Phi) is 7.29. The second-order valence-electron chi connectivity index (χ2n) is 13.0. The van der Waals surface area contributed by atoms with Crippen LogP contribution in [-0.2, 0) is 21.7 Å². The first-order chi connectivity index (χ1) is 14.4. The molecule has 32 heavy (non-hydrogen) atoms. The summed E-state index contributed by atoms with van der Waals surface area (Å²) in [6, 6.07) is 13.3.